The molecule has 2 aromatic heterocycles. The molecule has 0 amide bonds. The zero-order valence-corrected chi connectivity index (χ0v) is 22.4. The van der Waals surface area contributed by atoms with Crippen LogP contribution in [0.4, 0.5) is 0 Å². The molecule has 35 heavy (non-hydrogen) atoms. The molecule has 0 aliphatic heterocycles. The van der Waals surface area contributed by atoms with Crippen molar-refractivity contribution in [3.63, 3.8) is 0 Å². The van der Waals surface area contributed by atoms with Crippen LogP contribution in [-0.2, 0) is 13.2 Å². The second-order valence-corrected chi connectivity index (χ2v) is 15.2. The van der Waals surface area contributed by atoms with Gasteiger partial charge in [0.15, 0.2) is 0 Å². The van der Waals surface area contributed by atoms with Gasteiger partial charge in [0.1, 0.15) is 0 Å². The standard InChI is InChI=1S/C28H24Cl2N3P.ClH/c1-33-28(29)26(27(32-33)22-12-11-19-31-20-22)21-34(30,23-13-5-2-6-14-23,24-15-7-3-8-16-24)25-17-9-4-10-18-25;/h2-20H,21H2,1H3;1H. The molecule has 2 heterocycles. The molecular weight excluding hydrogens is 516 g/mol. The average Bonchev–Trinajstić information content (AvgIpc) is 3.19. The molecule has 0 spiro atoms. The number of hydrogen-bond acceptors (Lipinski definition) is 2. The number of benzene rings is 3. The summed E-state index contributed by atoms with van der Waals surface area (Å²) in [5, 5.41) is 8.63. The molecule has 5 rings (SSSR count). The molecule has 7 heteroatoms. The van der Waals surface area contributed by atoms with Gasteiger partial charge in [0, 0.05) is 0 Å². The third-order valence-electron chi connectivity index (χ3n) is 6.34. The van der Waals surface area contributed by atoms with Gasteiger partial charge < -0.3 is 0 Å². The fourth-order valence-electron chi connectivity index (χ4n) is 4.66. The molecule has 0 saturated carbocycles. The van der Waals surface area contributed by atoms with Crippen LogP contribution in [0.15, 0.2) is 116 Å². The van der Waals surface area contributed by atoms with Crippen molar-refractivity contribution in [3.05, 3.63) is 126 Å². The summed E-state index contributed by atoms with van der Waals surface area (Å²) in [5.74, 6) is -3.56. The zero-order valence-electron chi connectivity index (χ0n) is 19.1. The molecule has 3 aromatic carbocycles. The fourth-order valence-corrected chi connectivity index (χ4v) is 11.0. The summed E-state index contributed by atoms with van der Waals surface area (Å²) in [6.07, 6.45) is 4.09. The quantitative estimate of drug-likeness (QED) is 0.223. The number of rotatable bonds is 6. The Hall–Kier alpha value is -2.68. The number of halogens is 3. The first-order chi connectivity index (χ1) is 16.5. The van der Waals surface area contributed by atoms with Gasteiger partial charge in [-0.3, -0.25) is 0 Å². The molecule has 0 saturated heterocycles. The monoisotopic (exact) mass is 539 g/mol. The third kappa shape index (κ3) is 4.28. The molecule has 5 aromatic rings. The Bertz CT molecular complexity index is 1310. The van der Waals surface area contributed by atoms with Gasteiger partial charge in [0.05, 0.1) is 0 Å². The Kier molecular flexibility index (Phi) is 7.35. The molecule has 0 N–H and O–H groups in total. The van der Waals surface area contributed by atoms with E-state index >= 15 is 0 Å². The van der Waals surface area contributed by atoms with E-state index in [2.05, 4.69) is 77.8 Å². The van der Waals surface area contributed by atoms with Gasteiger partial charge in [-0.05, 0) is 0 Å². The van der Waals surface area contributed by atoms with Crippen LogP contribution < -0.4 is 15.9 Å². The third-order valence-corrected chi connectivity index (χ3v) is 14.0. The van der Waals surface area contributed by atoms with Crippen molar-refractivity contribution in [2.75, 3.05) is 0 Å². The number of hydrogen-bond donors (Lipinski definition) is 0. The normalized spacial score (nSPS) is 12.4. The molecule has 3 nitrogen and oxygen atoms in total. The Balaban J connectivity index is 0.00000289. The van der Waals surface area contributed by atoms with E-state index in [0.717, 1.165) is 32.7 Å². The van der Waals surface area contributed by atoms with Crippen molar-refractivity contribution >= 4 is 57.1 Å². The number of aromatic nitrogens is 3. The molecule has 0 fully saturated rings. The van der Waals surface area contributed by atoms with Crippen LogP contribution in [0.5, 0.6) is 0 Å². The van der Waals surface area contributed by atoms with Gasteiger partial charge in [-0.25, -0.2) is 0 Å². The van der Waals surface area contributed by atoms with Crippen LogP contribution in [0.1, 0.15) is 5.56 Å². The van der Waals surface area contributed by atoms with Gasteiger partial charge in [0.2, 0.25) is 0 Å². The van der Waals surface area contributed by atoms with Crippen molar-refractivity contribution in [2.24, 2.45) is 7.05 Å². The number of nitrogens with zero attached hydrogens (tertiary/aromatic N) is 3. The molecule has 0 bridgehead atoms. The van der Waals surface area contributed by atoms with E-state index in [1.54, 1.807) is 10.9 Å². The van der Waals surface area contributed by atoms with Gasteiger partial charge >= 0.3 is 210 Å². The molecule has 0 unspecified atom stereocenters. The summed E-state index contributed by atoms with van der Waals surface area (Å²) in [6, 6.07) is 35.1. The summed E-state index contributed by atoms with van der Waals surface area (Å²) >= 11 is 15.2. The predicted octanol–water partition coefficient (Wildman–Crippen LogP) is 6.74. The molecule has 0 radical (unpaired) electrons. The summed E-state index contributed by atoms with van der Waals surface area (Å²) < 4.78 is 1.72. The summed E-state index contributed by atoms with van der Waals surface area (Å²) in [7, 11) is 1.86. The van der Waals surface area contributed by atoms with E-state index in [0.29, 0.717) is 11.3 Å². The molecule has 178 valence electrons. The second-order valence-electron chi connectivity index (χ2n) is 8.33. The summed E-state index contributed by atoms with van der Waals surface area (Å²) in [5.41, 5.74) is 2.63. The molecular formula is C28H25Cl3N3P. The minimum atomic E-state index is -3.56. The van der Waals surface area contributed by atoms with Crippen LogP contribution >= 0.6 is 41.2 Å². The van der Waals surface area contributed by atoms with Crippen molar-refractivity contribution in [2.45, 2.75) is 6.16 Å². The predicted molar refractivity (Wildman–Crippen MR) is 153 cm³/mol. The first-order valence-electron chi connectivity index (χ1n) is 11.0. The Morgan fingerprint density at radius 3 is 1.66 bits per heavy atom. The van der Waals surface area contributed by atoms with E-state index in [4.69, 9.17) is 27.9 Å². The fraction of sp³-hybridized carbons (Fsp3) is 0.0714. The van der Waals surface area contributed by atoms with Gasteiger partial charge in [-0.15, -0.1) is 12.4 Å². The topological polar surface area (TPSA) is 30.7 Å². The first-order valence-corrected chi connectivity index (χ1v) is 14.7. The number of pyridine rings is 1. The summed E-state index contributed by atoms with van der Waals surface area (Å²) in [4.78, 5) is 4.31. The van der Waals surface area contributed by atoms with Crippen LogP contribution in [0.2, 0.25) is 5.15 Å². The average molecular weight is 541 g/mol. The van der Waals surface area contributed by atoms with Crippen molar-refractivity contribution in [3.8, 4) is 11.3 Å². The van der Waals surface area contributed by atoms with Crippen LogP contribution in [0.25, 0.3) is 11.3 Å². The zero-order chi connectivity index (χ0) is 23.6. The van der Waals surface area contributed by atoms with Gasteiger partial charge in [-0.1, -0.05) is 0 Å². The molecule has 0 aliphatic carbocycles. The second kappa shape index (κ2) is 10.1. The maximum atomic E-state index is 8.27. The van der Waals surface area contributed by atoms with E-state index < -0.39 is 5.96 Å². The molecule has 0 atom stereocenters. The van der Waals surface area contributed by atoms with Crippen LogP contribution in [0, 0.1) is 0 Å². The van der Waals surface area contributed by atoms with E-state index in [1.807, 2.05) is 43.6 Å². The van der Waals surface area contributed by atoms with Crippen molar-refractivity contribution in [1.29, 1.82) is 0 Å². The minimum absolute atomic E-state index is 0. The van der Waals surface area contributed by atoms with Crippen molar-refractivity contribution < 1.29 is 0 Å². The Morgan fingerprint density at radius 1 is 0.743 bits per heavy atom. The molecule has 0 aliphatic rings. The SMILES string of the molecule is Cl.Cn1nc(-c2cccnc2)c(CP(Cl)(c2ccccc2)(c2ccccc2)c2ccccc2)c1Cl. The van der Waals surface area contributed by atoms with Gasteiger partial charge in [0.25, 0.3) is 0 Å². The van der Waals surface area contributed by atoms with Crippen molar-refractivity contribution in [1.82, 2.24) is 14.8 Å². The first kappa shape index (κ1) is 25.4. The van der Waals surface area contributed by atoms with E-state index in [9.17, 15) is 0 Å². The Labute approximate surface area is 221 Å². The van der Waals surface area contributed by atoms with Crippen LogP contribution in [-0.4, -0.2) is 14.8 Å². The van der Waals surface area contributed by atoms with Gasteiger partial charge in [-0.2, -0.15) is 0 Å². The Morgan fingerprint density at radius 2 is 1.23 bits per heavy atom. The number of aryl methyl sites for hydroxylation is 1. The maximum absolute atomic E-state index is 8.27. The van der Waals surface area contributed by atoms with E-state index in [-0.39, 0.29) is 12.4 Å². The summed E-state index contributed by atoms with van der Waals surface area (Å²) in [6.45, 7) is 0. The van der Waals surface area contributed by atoms with Crippen LogP contribution in [0.3, 0.4) is 0 Å². The van der Waals surface area contributed by atoms with E-state index in [1.165, 1.54) is 0 Å².